The summed E-state index contributed by atoms with van der Waals surface area (Å²) in [5.74, 6) is -0.605. The van der Waals surface area contributed by atoms with Crippen LogP contribution in [0, 0.1) is 5.82 Å². The van der Waals surface area contributed by atoms with E-state index in [4.69, 9.17) is 0 Å². The molecule has 19 heavy (non-hydrogen) atoms. The molecule has 3 nitrogen and oxygen atoms in total. The summed E-state index contributed by atoms with van der Waals surface area (Å²) in [6.45, 7) is 0. The Kier molecular flexibility index (Phi) is 3.23. The van der Waals surface area contributed by atoms with Crippen molar-refractivity contribution >= 4 is 5.78 Å². The van der Waals surface area contributed by atoms with Crippen LogP contribution >= 0.6 is 0 Å². The lowest BCUT2D eigenvalue weighted by Gasteiger charge is -2.13. The maximum Gasteiger partial charge on any atom is 0.169 e. The minimum atomic E-state index is -0.441. The summed E-state index contributed by atoms with van der Waals surface area (Å²) in [6, 6.07) is 6.15. The van der Waals surface area contributed by atoms with Gasteiger partial charge in [-0.1, -0.05) is 12.1 Å². The molecule has 3 rings (SSSR count). The van der Waals surface area contributed by atoms with E-state index in [0.717, 1.165) is 12.8 Å². The highest BCUT2D eigenvalue weighted by atomic mass is 19.1. The monoisotopic (exact) mass is 260 g/mol. The van der Waals surface area contributed by atoms with Crippen molar-refractivity contribution in [2.45, 2.75) is 38.3 Å². The Bertz CT molecular complexity index is 521. The van der Waals surface area contributed by atoms with Crippen molar-refractivity contribution in [3.8, 4) is 0 Å². The highest BCUT2D eigenvalue weighted by molar-refractivity contribution is 5.96. The minimum Gasteiger partial charge on any atom is -0.367 e. The summed E-state index contributed by atoms with van der Waals surface area (Å²) in [7, 11) is 0. The second-order valence-corrected chi connectivity index (χ2v) is 5.11. The molecule has 0 atom stereocenters. The van der Waals surface area contributed by atoms with Gasteiger partial charge in [-0.3, -0.25) is 4.79 Å². The summed E-state index contributed by atoms with van der Waals surface area (Å²) in [5, 5.41) is 6.68. The molecule has 0 spiro atoms. The lowest BCUT2D eigenvalue weighted by molar-refractivity contribution is 0.0965. The Morgan fingerprint density at radius 2 is 1.79 bits per heavy atom. The molecule has 1 heterocycles. The maximum atomic E-state index is 13.5. The van der Waals surface area contributed by atoms with E-state index in [2.05, 4.69) is 10.6 Å². The van der Waals surface area contributed by atoms with Crippen LogP contribution in [-0.4, -0.2) is 11.9 Å². The van der Waals surface area contributed by atoms with Gasteiger partial charge in [-0.15, -0.1) is 0 Å². The van der Waals surface area contributed by atoms with Gasteiger partial charge in [-0.25, -0.2) is 4.39 Å². The van der Waals surface area contributed by atoms with Gasteiger partial charge in [0.1, 0.15) is 12.0 Å². The lowest BCUT2D eigenvalue weighted by atomic mass is 10.0. The van der Waals surface area contributed by atoms with Crippen LogP contribution in [0.3, 0.4) is 0 Å². The maximum absolute atomic E-state index is 13.5. The molecule has 2 aliphatic rings. The van der Waals surface area contributed by atoms with E-state index < -0.39 is 5.82 Å². The number of nitrogens with one attached hydrogen (secondary N) is 2. The number of hydrogen-bond acceptors (Lipinski definition) is 3. The van der Waals surface area contributed by atoms with Crippen LogP contribution in [-0.2, 0) is 0 Å². The number of rotatable bonds is 3. The van der Waals surface area contributed by atoms with Crippen molar-refractivity contribution in [3.05, 3.63) is 47.0 Å². The molecule has 1 aliphatic carbocycles. The van der Waals surface area contributed by atoms with E-state index >= 15 is 0 Å². The number of carbonyl (C=O) groups is 1. The van der Waals surface area contributed by atoms with Crippen molar-refractivity contribution in [3.63, 3.8) is 0 Å². The van der Waals surface area contributed by atoms with E-state index in [0.29, 0.717) is 0 Å². The number of hydrogen-bond donors (Lipinski definition) is 2. The van der Waals surface area contributed by atoms with E-state index in [9.17, 15) is 9.18 Å². The second kappa shape index (κ2) is 5.03. The van der Waals surface area contributed by atoms with Gasteiger partial charge in [0.2, 0.25) is 0 Å². The van der Waals surface area contributed by atoms with Crippen molar-refractivity contribution < 1.29 is 9.18 Å². The van der Waals surface area contributed by atoms with E-state index in [1.165, 1.54) is 30.3 Å². The molecule has 0 amide bonds. The lowest BCUT2D eigenvalue weighted by Crippen LogP contribution is -2.35. The van der Waals surface area contributed by atoms with Crippen molar-refractivity contribution in [2.75, 3.05) is 0 Å². The second-order valence-electron chi connectivity index (χ2n) is 5.11. The third-order valence-electron chi connectivity index (χ3n) is 3.73. The predicted molar refractivity (Wildman–Crippen MR) is 70.9 cm³/mol. The smallest absolute Gasteiger partial charge is 0.169 e. The Hall–Kier alpha value is -1.84. The van der Waals surface area contributed by atoms with E-state index in [1.54, 1.807) is 18.2 Å². The van der Waals surface area contributed by atoms with Gasteiger partial charge in [-0.05, 0) is 37.8 Å². The number of halogens is 1. The molecule has 2 N–H and O–H groups in total. The van der Waals surface area contributed by atoms with E-state index in [1.807, 2.05) is 0 Å². The zero-order valence-electron chi connectivity index (χ0n) is 10.7. The third-order valence-corrected chi connectivity index (χ3v) is 3.73. The summed E-state index contributed by atoms with van der Waals surface area (Å²) in [4.78, 5) is 12.1. The van der Waals surface area contributed by atoms with Crippen LogP contribution in [0.4, 0.5) is 4.39 Å². The highest BCUT2D eigenvalue weighted by Gasteiger charge is 2.26. The predicted octanol–water partition coefficient (Wildman–Crippen LogP) is 2.70. The van der Waals surface area contributed by atoms with Crippen molar-refractivity contribution in [1.82, 2.24) is 10.6 Å². The summed E-state index contributed by atoms with van der Waals surface area (Å²) in [5.41, 5.74) is 2.64. The average Bonchev–Trinajstić information content (AvgIpc) is 2.81. The van der Waals surface area contributed by atoms with Gasteiger partial charge in [0.15, 0.2) is 5.78 Å². The number of benzene rings is 1. The molecule has 0 unspecified atom stereocenters. The first-order valence-electron chi connectivity index (χ1n) is 6.77. The van der Waals surface area contributed by atoms with E-state index in [-0.39, 0.29) is 23.9 Å². The number of ketones is 1. The van der Waals surface area contributed by atoms with Crippen molar-refractivity contribution in [1.29, 1.82) is 0 Å². The Labute approximate surface area is 111 Å². The van der Waals surface area contributed by atoms with Crippen LogP contribution in [0.15, 0.2) is 35.7 Å². The molecule has 1 aliphatic heterocycles. The molecule has 1 aromatic carbocycles. The van der Waals surface area contributed by atoms with Crippen LogP contribution < -0.4 is 10.6 Å². The average molecular weight is 260 g/mol. The fourth-order valence-corrected chi connectivity index (χ4v) is 2.77. The van der Waals surface area contributed by atoms with Crippen LogP contribution in [0.2, 0.25) is 0 Å². The molecule has 0 radical (unpaired) electrons. The first-order valence-corrected chi connectivity index (χ1v) is 6.77. The van der Waals surface area contributed by atoms with Crippen LogP contribution in [0.5, 0.6) is 0 Å². The van der Waals surface area contributed by atoms with Gasteiger partial charge >= 0.3 is 0 Å². The normalized spacial score (nSPS) is 18.8. The molecular formula is C15H17FN2O. The first-order chi connectivity index (χ1) is 9.24. The highest BCUT2D eigenvalue weighted by Crippen LogP contribution is 2.26. The quantitative estimate of drug-likeness (QED) is 0.821. The number of carbonyl (C=O) groups excluding carboxylic acids is 1. The standard InChI is InChI=1S/C15H17FN2O/c16-11-6-2-1-5-10(11)14(19)9-15-17-12-7-3-4-8-13(12)18-15/h1-2,5-6,15,17-18H,3-4,7-9H2. The molecule has 100 valence electrons. The molecule has 0 saturated heterocycles. The fourth-order valence-electron chi connectivity index (χ4n) is 2.77. The Morgan fingerprint density at radius 3 is 2.42 bits per heavy atom. The fraction of sp³-hybridized carbons (Fsp3) is 0.400. The summed E-state index contributed by atoms with van der Waals surface area (Å²) in [6.07, 6.45) is 4.67. The molecule has 0 fully saturated rings. The van der Waals surface area contributed by atoms with Crippen LogP contribution in [0.1, 0.15) is 42.5 Å². The Balaban J connectivity index is 1.65. The zero-order chi connectivity index (χ0) is 13.2. The Morgan fingerprint density at radius 1 is 1.16 bits per heavy atom. The minimum absolute atomic E-state index is 0.0878. The van der Waals surface area contributed by atoms with Gasteiger partial charge < -0.3 is 10.6 Å². The van der Waals surface area contributed by atoms with Gasteiger partial charge in [0.05, 0.1) is 5.56 Å². The number of allylic oxidation sites excluding steroid dienone is 2. The summed E-state index contributed by atoms with van der Waals surface area (Å²) < 4.78 is 13.5. The molecule has 4 heteroatoms. The molecule has 0 bridgehead atoms. The van der Waals surface area contributed by atoms with Gasteiger partial charge in [0, 0.05) is 17.8 Å². The molecular weight excluding hydrogens is 243 g/mol. The third kappa shape index (κ3) is 2.48. The first kappa shape index (κ1) is 12.2. The largest absolute Gasteiger partial charge is 0.367 e. The topological polar surface area (TPSA) is 41.1 Å². The van der Waals surface area contributed by atoms with Gasteiger partial charge in [-0.2, -0.15) is 0 Å². The number of Topliss-reactive ketones (excluding diaryl/α,β-unsaturated/α-hetero) is 1. The molecule has 1 aromatic rings. The molecule has 0 aromatic heterocycles. The SMILES string of the molecule is O=C(CC1NC2=C(CCCC2)N1)c1ccccc1F. The zero-order valence-corrected chi connectivity index (χ0v) is 10.7. The van der Waals surface area contributed by atoms with Gasteiger partial charge in [0.25, 0.3) is 0 Å². The van der Waals surface area contributed by atoms with Crippen molar-refractivity contribution in [2.24, 2.45) is 0 Å². The van der Waals surface area contributed by atoms with Crippen LogP contribution in [0.25, 0.3) is 0 Å². The molecule has 0 saturated carbocycles. The summed E-state index contributed by atoms with van der Waals surface area (Å²) >= 11 is 0.